The van der Waals surface area contributed by atoms with Crippen LogP contribution in [0.1, 0.15) is 0 Å². The van der Waals surface area contributed by atoms with E-state index >= 15 is 0 Å². The fourth-order valence-corrected chi connectivity index (χ4v) is 0.152. The Kier molecular flexibility index (Phi) is 9.70. The summed E-state index contributed by atoms with van der Waals surface area (Å²) in [4.78, 5) is 28.0. The maximum absolute atomic E-state index is 10.2. The van der Waals surface area contributed by atoms with Gasteiger partial charge in [-0.15, -0.1) is 0 Å². The third-order valence-electron chi connectivity index (χ3n) is 0.566. The van der Waals surface area contributed by atoms with Crippen molar-refractivity contribution >= 4 is 39.2 Å². The molecule has 0 aromatic heterocycles. The second-order valence-corrected chi connectivity index (χ2v) is 1.28. The van der Waals surface area contributed by atoms with E-state index in [0.717, 1.165) is 12.2 Å². The van der Waals surface area contributed by atoms with Gasteiger partial charge in [-0.3, -0.25) is 9.78 Å². The SMILES string of the molecule is C=CC(=O)OOOC(=O)C=C.[PbH2]. The Morgan fingerprint density at radius 2 is 1.33 bits per heavy atom. The molecule has 66 valence electrons. The van der Waals surface area contributed by atoms with Crippen molar-refractivity contribution in [3.8, 4) is 0 Å². The van der Waals surface area contributed by atoms with Crippen LogP contribution in [-0.4, -0.2) is 39.2 Å². The number of rotatable bonds is 4. The van der Waals surface area contributed by atoms with E-state index < -0.39 is 11.9 Å². The van der Waals surface area contributed by atoms with Crippen molar-refractivity contribution in [3.63, 3.8) is 0 Å². The van der Waals surface area contributed by atoms with Crippen LogP contribution in [0.4, 0.5) is 0 Å². The first-order chi connectivity index (χ1) is 5.20. The van der Waals surface area contributed by atoms with Gasteiger partial charge in [0.2, 0.25) is 0 Å². The molecule has 12 heavy (non-hydrogen) atoms. The summed E-state index contributed by atoms with van der Waals surface area (Å²) in [6.07, 6.45) is 1.70. The van der Waals surface area contributed by atoms with Crippen LogP contribution in [0.3, 0.4) is 0 Å². The quantitative estimate of drug-likeness (QED) is 0.287. The van der Waals surface area contributed by atoms with Crippen molar-refractivity contribution in [1.29, 1.82) is 0 Å². The number of carbonyl (C=O) groups is 2. The standard InChI is InChI=1S/C6H6O5.Pb.2H/c1-3-5(7)9-11-10-6(8)4-2;;;/h3-4H,1-2H2;;;. The maximum atomic E-state index is 10.2. The van der Waals surface area contributed by atoms with Crippen molar-refractivity contribution in [2.45, 2.75) is 0 Å². The molecule has 0 bridgehead atoms. The fraction of sp³-hybridized carbons (Fsp3) is 0. The third-order valence-corrected chi connectivity index (χ3v) is 0.566. The number of carbonyl (C=O) groups excluding carboxylic acids is 2. The van der Waals surface area contributed by atoms with Crippen LogP contribution in [0.2, 0.25) is 0 Å². The van der Waals surface area contributed by atoms with E-state index in [1.165, 1.54) is 0 Å². The Balaban J connectivity index is 0. The van der Waals surface area contributed by atoms with E-state index in [-0.39, 0.29) is 27.3 Å². The van der Waals surface area contributed by atoms with Crippen LogP contribution in [0.5, 0.6) is 0 Å². The Morgan fingerprint density at radius 1 is 1.00 bits per heavy atom. The topological polar surface area (TPSA) is 61.8 Å². The Bertz CT molecular complexity index is 168. The second-order valence-electron chi connectivity index (χ2n) is 1.28. The van der Waals surface area contributed by atoms with Gasteiger partial charge in [-0.2, -0.15) is 0 Å². The van der Waals surface area contributed by atoms with Crippen LogP contribution in [-0.2, 0) is 24.4 Å². The van der Waals surface area contributed by atoms with Gasteiger partial charge in [-0.1, -0.05) is 13.2 Å². The molecule has 0 aliphatic rings. The van der Waals surface area contributed by atoms with E-state index in [1.807, 2.05) is 0 Å². The average Bonchev–Trinajstić information content (AvgIpc) is 2.04. The molecule has 0 rings (SSSR count). The summed E-state index contributed by atoms with van der Waals surface area (Å²) in [5.41, 5.74) is 0. The van der Waals surface area contributed by atoms with Crippen LogP contribution >= 0.6 is 0 Å². The predicted octanol–water partition coefficient (Wildman–Crippen LogP) is -0.625. The molecule has 0 heterocycles. The van der Waals surface area contributed by atoms with Crippen molar-refractivity contribution in [1.82, 2.24) is 0 Å². The van der Waals surface area contributed by atoms with Gasteiger partial charge in [-0.05, 0) is 0 Å². The minimum absolute atomic E-state index is 0. The molecule has 0 saturated heterocycles. The fourth-order valence-electron chi connectivity index (χ4n) is 0.152. The van der Waals surface area contributed by atoms with E-state index in [2.05, 4.69) is 28.0 Å². The molecule has 2 radical (unpaired) electrons. The first-order valence-electron chi connectivity index (χ1n) is 2.54. The molecule has 0 atom stereocenters. The van der Waals surface area contributed by atoms with E-state index in [0.29, 0.717) is 0 Å². The van der Waals surface area contributed by atoms with Crippen LogP contribution in [0.25, 0.3) is 0 Å². The molecule has 6 heteroatoms. The van der Waals surface area contributed by atoms with Gasteiger partial charge in [0.1, 0.15) is 0 Å². The van der Waals surface area contributed by atoms with Gasteiger partial charge in [0, 0.05) is 17.2 Å². The molecular formula is C6H8O5Pb. The van der Waals surface area contributed by atoms with Crippen LogP contribution in [0, 0.1) is 0 Å². The molecule has 0 spiro atoms. The molecule has 0 aliphatic carbocycles. The summed E-state index contributed by atoms with van der Waals surface area (Å²) < 4.78 is 0. The number of hydrogen-bond acceptors (Lipinski definition) is 5. The molecule has 5 nitrogen and oxygen atoms in total. The molecular weight excluding hydrogens is 359 g/mol. The predicted molar refractivity (Wildman–Crippen MR) is 42.2 cm³/mol. The zero-order valence-corrected chi connectivity index (χ0v) is 11.8. The Morgan fingerprint density at radius 3 is 1.58 bits per heavy atom. The first kappa shape index (κ1) is 13.9. The van der Waals surface area contributed by atoms with Gasteiger partial charge in [0.15, 0.2) is 0 Å². The van der Waals surface area contributed by atoms with Crippen molar-refractivity contribution in [3.05, 3.63) is 25.3 Å². The van der Waals surface area contributed by atoms with E-state index in [1.54, 1.807) is 0 Å². The molecule has 0 aliphatic heterocycles. The van der Waals surface area contributed by atoms with Crippen molar-refractivity contribution in [2.75, 3.05) is 0 Å². The van der Waals surface area contributed by atoms with Gasteiger partial charge in [-0.25, -0.2) is 9.59 Å². The zero-order valence-electron chi connectivity index (χ0n) is 6.32. The third kappa shape index (κ3) is 7.41. The van der Waals surface area contributed by atoms with Crippen LogP contribution < -0.4 is 0 Å². The van der Waals surface area contributed by atoms with Gasteiger partial charge < -0.3 is 0 Å². The summed E-state index contributed by atoms with van der Waals surface area (Å²) in [5.74, 6) is -1.72. The number of hydrogen-bond donors (Lipinski definition) is 0. The molecule has 0 aromatic rings. The Hall–Kier alpha value is -0.698. The van der Waals surface area contributed by atoms with Gasteiger partial charge in [0.05, 0.1) is 0 Å². The minimum atomic E-state index is -0.859. The monoisotopic (exact) mass is 368 g/mol. The van der Waals surface area contributed by atoms with E-state index in [4.69, 9.17) is 0 Å². The second kappa shape index (κ2) is 8.40. The first-order valence-corrected chi connectivity index (χ1v) is 2.54. The molecule has 0 N–H and O–H groups in total. The molecule has 0 fully saturated rings. The van der Waals surface area contributed by atoms with Crippen molar-refractivity contribution in [2.24, 2.45) is 0 Å². The molecule has 0 unspecified atom stereocenters. The van der Waals surface area contributed by atoms with Gasteiger partial charge >= 0.3 is 39.2 Å². The summed E-state index contributed by atoms with van der Waals surface area (Å²) in [6, 6.07) is 0. The average molecular weight is 367 g/mol. The molecule has 0 saturated carbocycles. The van der Waals surface area contributed by atoms with Crippen molar-refractivity contribution < 1.29 is 24.4 Å². The Labute approximate surface area is 89.0 Å². The summed E-state index contributed by atoms with van der Waals surface area (Å²) in [7, 11) is 0. The summed E-state index contributed by atoms with van der Waals surface area (Å²) in [5, 5.41) is 3.70. The van der Waals surface area contributed by atoms with Gasteiger partial charge in [0.25, 0.3) is 0 Å². The van der Waals surface area contributed by atoms with E-state index in [9.17, 15) is 9.59 Å². The molecule has 0 amide bonds. The zero-order chi connectivity index (χ0) is 8.69. The normalized spacial score (nSPS) is 7.33. The summed E-state index contributed by atoms with van der Waals surface area (Å²) in [6.45, 7) is 6.13. The van der Waals surface area contributed by atoms with Crippen LogP contribution in [0.15, 0.2) is 25.3 Å². The summed E-state index contributed by atoms with van der Waals surface area (Å²) >= 11 is 0. The molecule has 0 aromatic carbocycles.